The second-order valence-electron chi connectivity index (χ2n) is 6.64. The van der Waals surface area contributed by atoms with Gasteiger partial charge in [-0.3, -0.25) is 5.10 Å². The number of ether oxygens (including phenoxy) is 1. The van der Waals surface area contributed by atoms with Crippen LogP contribution in [0, 0.1) is 0 Å². The number of H-pyrrole nitrogens is 1. The lowest BCUT2D eigenvalue weighted by molar-refractivity contribution is -0.274. The fourth-order valence-corrected chi connectivity index (χ4v) is 3.46. The van der Waals surface area contributed by atoms with Gasteiger partial charge < -0.3 is 15.0 Å². The van der Waals surface area contributed by atoms with Gasteiger partial charge >= 0.3 is 6.36 Å². The van der Waals surface area contributed by atoms with E-state index in [4.69, 9.17) is 0 Å². The van der Waals surface area contributed by atoms with E-state index in [1.54, 1.807) is 18.3 Å². The van der Waals surface area contributed by atoms with E-state index in [-0.39, 0.29) is 11.8 Å². The van der Waals surface area contributed by atoms with Crippen molar-refractivity contribution in [2.75, 3.05) is 23.3 Å². The molecule has 1 aliphatic rings. The Morgan fingerprint density at radius 2 is 1.96 bits per heavy atom. The molecular formula is C19H19F3N4O. The van der Waals surface area contributed by atoms with Crippen molar-refractivity contribution in [3.05, 3.63) is 48.7 Å². The van der Waals surface area contributed by atoms with Crippen LogP contribution in [-0.2, 0) is 0 Å². The highest BCUT2D eigenvalue weighted by Gasteiger charge is 2.31. The summed E-state index contributed by atoms with van der Waals surface area (Å²) in [6.45, 7) is 1.65. The number of aromatic nitrogens is 2. The second-order valence-corrected chi connectivity index (χ2v) is 6.64. The number of nitrogens with one attached hydrogen (secondary N) is 2. The summed E-state index contributed by atoms with van der Waals surface area (Å²) in [6.07, 6.45) is -0.836. The lowest BCUT2D eigenvalue weighted by Gasteiger charge is -2.35. The third-order valence-corrected chi connectivity index (χ3v) is 4.67. The first-order valence-corrected chi connectivity index (χ1v) is 8.77. The van der Waals surface area contributed by atoms with Crippen LogP contribution >= 0.6 is 0 Å². The molecule has 1 aliphatic heterocycles. The van der Waals surface area contributed by atoms with Gasteiger partial charge in [-0.15, -0.1) is 13.2 Å². The third kappa shape index (κ3) is 4.27. The van der Waals surface area contributed by atoms with E-state index in [1.807, 2.05) is 12.1 Å². The van der Waals surface area contributed by atoms with Gasteiger partial charge in [-0.1, -0.05) is 0 Å². The topological polar surface area (TPSA) is 53.2 Å². The zero-order chi connectivity index (χ0) is 18.9. The SMILES string of the molecule is FC(F)(F)Oc1ccc(N2CCCC(Nc3ccc4[nH]ncc4c3)C2)cc1. The van der Waals surface area contributed by atoms with Crippen LogP contribution in [0.3, 0.4) is 0 Å². The fourth-order valence-electron chi connectivity index (χ4n) is 3.46. The number of piperidine rings is 1. The minimum atomic E-state index is -4.67. The Bertz CT molecular complexity index is 907. The number of alkyl halides is 3. The molecule has 142 valence electrons. The molecule has 1 aromatic heterocycles. The van der Waals surface area contributed by atoms with E-state index >= 15 is 0 Å². The highest BCUT2D eigenvalue weighted by atomic mass is 19.4. The maximum atomic E-state index is 12.3. The van der Waals surface area contributed by atoms with Gasteiger partial charge in [0.2, 0.25) is 0 Å². The molecule has 0 amide bonds. The summed E-state index contributed by atoms with van der Waals surface area (Å²) in [7, 11) is 0. The lowest BCUT2D eigenvalue weighted by Crippen LogP contribution is -2.42. The Kier molecular flexibility index (Phi) is 4.55. The van der Waals surface area contributed by atoms with Gasteiger partial charge in [-0.2, -0.15) is 5.10 Å². The van der Waals surface area contributed by atoms with Crippen molar-refractivity contribution < 1.29 is 17.9 Å². The third-order valence-electron chi connectivity index (χ3n) is 4.67. The maximum absolute atomic E-state index is 12.3. The smallest absolute Gasteiger partial charge is 0.406 e. The normalized spacial score (nSPS) is 17.9. The Morgan fingerprint density at radius 1 is 1.15 bits per heavy atom. The summed E-state index contributed by atoms with van der Waals surface area (Å²) in [5.41, 5.74) is 2.91. The quantitative estimate of drug-likeness (QED) is 0.702. The van der Waals surface area contributed by atoms with Crippen LogP contribution in [0.1, 0.15) is 12.8 Å². The molecule has 0 aliphatic carbocycles. The number of rotatable bonds is 4. The second kappa shape index (κ2) is 7.02. The van der Waals surface area contributed by atoms with E-state index in [9.17, 15) is 13.2 Å². The molecule has 1 saturated heterocycles. The fraction of sp³-hybridized carbons (Fsp3) is 0.316. The highest BCUT2D eigenvalue weighted by Crippen LogP contribution is 2.27. The number of nitrogens with zero attached hydrogens (tertiary/aromatic N) is 2. The molecule has 8 heteroatoms. The summed E-state index contributed by atoms with van der Waals surface area (Å²) in [4.78, 5) is 2.18. The van der Waals surface area contributed by atoms with Gasteiger partial charge in [0.25, 0.3) is 0 Å². The van der Waals surface area contributed by atoms with Crippen molar-refractivity contribution in [3.63, 3.8) is 0 Å². The van der Waals surface area contributed by atoms with Crippen molar-refractivity contribution >= 4 is 22.3 Å². The van der Waals surface area contributed by atoms with Crippen LogP contribution in [0.4, 0.5) is 24.5 Å². The summed E-state index contributed by atoms with van der Waals surface area (Å²) < 4.78 is 40.8. The summed E-state index contributed by atoms with van der Waals surface area (Å²) in [5.74, 6) is -0.202. The lowest BCUT2D eigenvalue weighted by atomic mass is 10.0. The van der Waals surface area contributed by atoms with Crippen LogP contribution in [0.5, 0.6) is 5.75 Å². The van der Waals surface area contributed by atoms with E-state index in [1.165, 1.54) is 12.1 Å². The molecule has 2 heterocycles. The van der Waals surface area contributed by atoms with Crippen LogP contribution in [-0.4, -0.2) is 35.7 Å². The Hall–Kier alpha value is -2.90. The molecule has 0 radical (unpaired) electrons. The van der Waals surface area contributed by atoms with Gasteiger partial charge in [0, 0.05) is 35.9 Å². The molecule has 4 rings (SSSR count). The van der Waals surface area contributed by atoms with E-state index in [0.29, 0.717) is 0 Å². The Morgan fingerprint density at radius 3 is 2.74 bits per heavy atom. The number of hydrogen-bond acceptors (Lipinski definition) is 4. The molecule has 5 nitrogen and oxygen atoms in total. The number of benzene rings is 2. The Labute approximate surface area is 154 Å². The van der Waals surface area contributed by atoms with E-state index in [2.05, 4.69) is 31.2 Å². The summed E-state index contributed by atoms with van der Waals surface area (Å²) in [6, 6.07) is 12.4. The molecule has 2 N–H and O–H groups in total. The first-order valence-electron chi connectivity index (χ1n) is 8.77. The van der Waals surface area contributed by atoms with Crippen molar-refractivity contribution in [1.82, 2.24) is 10.2 Å². The molecule has 27 heavy (non-hydrogen) atoms. The van der Waals surface area contributed by atoms with Crippen molar-refractivity contribution in [3.8, 4) is 5.75 Å². The minimum absolute atomic E-state index is 0.202. The molecule has 0 saturated carbocycles. The van der Waals surface area contributed by atoms with E-state index < -0.39 is 6.36 Å². The molecule has 1 unspecified atom stereocenters. The molecule has 0 bridgehead atoms. The molecule has 0 spiro atoms. The number of hydrogen-bond donors (Lipinski definition) is 2. The number of halogens is 3. The maximum Gasteiger partial charge on any atom is 0.573 e. The number of fused-ring (bicyclic) bond motifs is 1. The summed E-state index contributed by atoms with van der Waals surface area (Å²) >= 11 is 0. The monoisotopic (exact) mass is 376 g/mol. The molecular weight excluding hydrogens is 357 g/mol. The van der Waals surface area contributed by atoms with Crippen LogP contribution < -0.4 is 15.0 Å². The molecule has 2 aromatic carbocycles. The minimum Gasteiger partial charge on any atom is -0.406 e. The predicted octanol–water partition coefficient (Wildman–Crippen LogP) is 4.54. The molecule has 3 aromatic rings. The van der Waals surface area contributed by atoms with Crippen LogP contribution in [0.15, 0.2) is 48.7 Å². The number of aromatic amines is 1. The van der Waals surface area contributed by atoms with Gasteiger partial charge in [0.15, 0.2) is 0 Å². The van der Waals surface area contributed by atoms with Crippen molar-refractivity contribution in [2.24, 2.45) is 0 Å². The zero-order valence-corrected chi connectivity index (χ0v) is 14.5. The van der Waals surface area contributed by atoms with Crippen molar-refractivity contribution in [1.29, 1.82) is 0 Å². The van der Waals surface area contributed by atoms with Gasteiger partial charge in [0.1, 0.15) is 5.75 Å². The average molecular weight is 376 g/mol. The highest BCUT2D eigenvalue weighted by molar-refractivity contribution is 5.81. The predicted molar refractivity (Wildman–Crippen MR) is 98.1 cm³/mol. The Balaban J connectivity index is 1.41. The summed E-state index contributed by atoms with van der Waals surface area (Å²) in [5, 5.41) is 11.6. The number of anilines is 2. The average Bonchev–Trinajstić information content (AvgIpc) is 3.09. The molecule has 1 fully saturated rings. The van der Waals surface area contributed by atoms with Gasteiger partial charge in [-0.25, -0.2) is 0 Å². The van der Waals surface area contributed by atoms with Crippen molar-refractivity contribution in [2.45, 2.75) is 25.2 Å². The van der Waals surface area contributed by atoms with Crippen LogP contribution in [0.25, 0.3) is 10.9 Å². The first kappa shape index (κ1) is 17.5. The van der Waals surface area contributed by atoms with Crippen LogP contribution in [0.2, 0.25) is 0 Å². The zero-order valence-electron chi connectivity index (χ0n) is 14.5. The van der Waals surface area contributed by atoms with Gasteiger partial charge in [0.05, 0.1) is 11.7 Å². The largest absolute Gasteiger partial charge is 0.573 e. The van der Waals surface area contributed by atoms with Gasteiger partial charge in [-0.05, 0) is 55.3 Å². The molecule has 1 atom stereocenters. The first-order chi connectivity index (χ1) is 13.0. The standard InChI is InChI=1S/C19H19F3N4O/c20-19(21,22)27-17-6-4-16(5-7-17)26-9-1-2-15(12-26)24-14-3-8-18-13(10-14)11-23-25-18/h3-8,10-11,15,24H,1-2,9,12H2,(H,23,25). The van der Waals surface area contributed by atoms with E-state index in [0.717, 1.165) is 48.2 Å².